The van der Waals surface area contributed by atoms with Crippen LogP contribution in [-0.4, -0.2) is 22.9 Å². The molecule has 0 aliphatic carbocycles. The molecule has 1 aromatic carbocycles. The summed E-state index contributed by atoms with van der Waals surface area (Å²) in [5.74, 6) is -1.17. The van der Waals surface area contributed by atoms with E-state index in [0.717, 1.165) is 12.1 Å². The van der Waals surface area contributed by atoms with E-state index in [1.807, 2.05) is 0 Å². The minimum Gasteiger partial charge on any atom is -0.435 e. The van der Waals surface area contributed by atoms with Gasteiger partial charge in [-0.15, -0.1) is 4.37 Å². The van der Waals surface area contributed by atoms with E-state index in [-0.39, 0.29) is 11.5 Å². The third kappa shape index (κ3) is 4.75. The maximum Gasteiger partial charge on any atom is 0.416 e. The molecule has 0 aliphatic rings. The number of aromatic nitrogens is 2. The van der Waals surface area contributed by atoms with Gasteiger partial charge in [0.25, 0.3) is 11.3 Å². The van der Waals surface area contributed by atoms with E-state index in [1.165, 1.54) is 6.07 Å². The Morgan fingerprint density at radius 1 is 1.24 bits per heavy atom. The summed E-state index contributed by atoms with van der Waals surface area (Å²) in [6, 6.07) is 3.84. The van der Waals surface area contributed by atoms with E-state index in [4.69, 9.17) is 4.74 Å². The lowest BCUT2D eigenvalue weighted by Crippen LogP contribution is -2.20. The van der Waals surface area contributed by atoms with Crippen molar-refractivity contribution < 1.29 is 26.3 Å². The van der Waals surface area contributed by atoms with Gasteiger partial charge in [0.05, 0.1) is 23.0 Å². The summed E-state index contributed by atoms with van der Waals surface area (Å²) in [6.45, 7) is 1.79. The number of halogens is 3. The number of rotatable bonds is 6. The third-order valence-corrected chi connectivity index (χ3v) is 5.39. The lowest BCUT2D eigenvalue weighted by molar-refractivity contribution is -0.137. The van der Waals surface area contributed by atoms with Gasteiger partial charge in [-0.25, -0.2) is 8.42 Å². The molecule has 11 heteroatoms. The minimum absolute atomic E-state index is 0.258. The Kier molecular flexibility index (Phi) is 5.78. The second-order valence-corrected chi connectivity index (χ2v) is 7.56. The SMILES string of the molecule is CCCCS(=O)(=O)c1nsnc(Oc2cccc(C(F)(F)F)c2)c1=O. The van der Waals surface area contributed by atoms with Crippen molar-refractivity contribution in [1.29, 1.82) is 0 Å². The molecule has 2 aromatic rings. The fourth-order valence-electron chi connectivity index (χ4n) is 1.81. The molecule has 136 valence electrons. The van der Waals surface area contributed by atoms with Crippen molar-refractivity contribution in [1.82, 2.24) is 8.75 Å². The first-order valence-electron chi connectivity index (χ1n) is 7.10. The zero-order valence-electron chi connectivity index (χ0n) is 12.9. The zero-order chi connectivity index (χ0) is 18.7. The van der Waals surface area contributed by atoms with Gasteiger partial charge in [0.15, 0.2) is 0 Å². The van der Waals surface area contributed by atoms with E-state index in [0.29, 0.717) is 30.6 Å². The Hall–Kier alpha value is -2.01. The first-order chi connectivity index (χ1) is 11.6. The van der Waals surface area contributed by atoms with Crippen LogP contribution < -0.4 is 10.2 Å². The molecule has 0 amide bonds. The number of nitrogens with zero attached hydrogens (tertiary/aromatic N) is 2. The van der Waals surface area contributed by atoms with Gasteiger partial charge >= 0.3 is 6.18 Å². The molecular weight excluding hydrogens is 381 g/mol. The molecule has 25 heavy (non-hydrogen) atoms. The number of hydrogen-bond donors (Lipinski definition) is 0. The monoisotopic (exact) mass is 394 g/mol. The van der Waals surface area contributed by atoms with Crippen molar-refractivity contribution in [2.75, 3.05) is 5.75 Å². The molecule has 0 bridgehead atoms. The van der Waals surface area contributed by atoms with Gasteiger partial charge in [0.1, 0.15) is 5.75 Å². The lowest BCUT2D eigenvalue weighted by atomic mass is 10.2. The molecule has 0 fully saturated rings. The Balaban J connectivity index is 2.37. The number of ether oxygens (including phenoxy) is 1. The van der Waals surface area contributed by atoms with Crippen LogP contribution in [0.3, 0.4) is 0 Å². The molecule has 0 aliphatic heterocycles. The van der Waals surface area contributed by atoms with Crippen molar-refractivity contribution in [2.45, 2.75) is 31.0 Å². The van der Waals surface area contributed by atoms with Crippen molar-refractivity contribution in [3.8, 4) is 11.6 Å². The molecule has 0 atom stereocenters. The molecule has 1 aromatic heterocycles. The van der Waals surface area contributed by atoms with Gasteiger partial charge in [0.2, 0.25) is 14.9 Å². The normalized spacial score (nSPS) is 12.2. The van der Waals surface area contributed by atoms with Gasteiger partial charge < -0.3 is 4.74 Å². The van der Waals surface area contributed by atoms with E-state index < -0.39 is 37.9 Å². The second-order valence-electron chi connectivity index (χ2n) is 5.00. The van der Waals surface area contributed by atoms with Crippen LogP contribution >= 0.6 is 11.7 Å². The molecular formula is C14H13F3N2O4S2. The maximum absolute atomic E-state index is 12.7. The lowest BCUT2D eigenvalue weighted by Gasteiger charge is -2.09. The summed E-state index contributed by atoms with van der Waals surface area (Å²) in [4.78, 5) is 12.2. The Morgan fingerprint density at radius 2 is 1.96 bits per heavy atom. The molecule has 6 nitrogen and oxygen atoms in total. The Labute approximate surface area is 145 Å². The number of benzene rings is 1. The van der Waals surface area contributed by atoms with E-state index in [2.05, 4.69) is 8.75 Å². The first kappa shape index (κ1) is 19.3. The second kappa shape index (κ2) is 7.48. The quantitative estimate of drug-likeness (QED) is 0.747. The molecule has 0 N–H and O–H groups in total. The summed E-state index contributed by atoms with van der Waals surface area (Å²) in [6.07, 6.45) is -3.63. The van der Waals surface area contributed by atoms with E-state index >= 15 is 0 Å². The van der Waals surface area contributed by atoms with Gasteiger partial charge in [-0.05, 0) is 24.6 Å². The number of sulfone groups is 1. The molecule has 0 radical (unpaired) electrons. The zero-order valence-corrected chi connectivity index (χ0v) is 14.5. The smallest absolute Gasteiger partial charge is 0.416 e. The summed E-state index contributed by atoms with van der Waals surface area (Å²) in [5, 5.41) is -0.706. The predicted molar refractivity (Wildman–Crippen MR) is 84.7 cm³/mol. The maximum atomic E-state index is 12.7. The largest absolute Gasteiger partial charge is 0.435 e. The summed E-state index contributed by atoms with van der Waals surface area (Å²) < 4.78 is 74.5. The number of hydrogen-bond acceptors (Lipinski definition) is 7. The third-order valence-electron chi connectivity index (χ3n) is 3.07. The average Bonchev–Trinajstić information content (AvgIpc) is 2.54. The van der Waals surface area contributed by atoms with Crippen molar-refractivity contribution in [3.05, 3.63) is 40.1 Å². The van der Waals surface area contributed by atoms with Crippen LogP contribution in [0.25, 0.3) is 0 Å². The highest BCUT2D eigenvalue weighted by atomic mass is 32.2. The highest BCUT2D eigenvalue weighted by Gasteiger charge is 2.31. The molecule has 0 spiro atoms. The number of unbranched alkanes of at least 4 members (excludes halogenated alkanes) is 1. The van der Waals surface area contributed by atoms with Crippen LogP contribution in [0.2, 0.25) is 0 Å². The predicted octanol–water partition coefficient (Wildman–Crippen LogP) is 3.28. The fraction of sp³-hybridized carbons (Fsp3) is 0.357. The van der Waals surface area contributed by atoms with E-state index in [9.17, 15) is 26.4 Å². The topological polar surface area (TPSA) is 86.2 Å². The summed E-state index contributed by atoms with van der Waals surface area (Å²) >= 11 is 0.433. The molecule has 2 rings (SSSR count). The van der Waals surface area contributed by atoms with Crippen LogP contribution in [-0.2, 0) is 16.0 Å². The van der Waals surface area contributed by atoms with E-state index in [1.54, 1.807) is 6.92 Å². The molecule has 0 saturated heterocycles. The van der Waals surface area contributed by atoms with Crippen molar-refractivity contribution in [3.63, 3.8) is 0 Å². The van der Waals surface area contributed by atoms with Crippen molar-refractivity contribution >= 4 is 21.6 Å². The Bertz CT molecular complexity index is 911. The summed E-state index contributed by atoms with van der Waals surface area (Å²) in [7, 11) is -3.91. The van der Waals surface area contributed by atoms with Gasteiger partial charge in [-0.2, -0.15) is 17.5 Å². The standard InChI is InChI=1S/C14H13F3N2O4S2/c1-2-3-7-25(21,22)13-11(20)12(18-24-19-13)23-10-6-4-5-9(8-10)14(15,16)17/h4-6,8H,2-3,7H2,1H3. The van der Waals surface area contributed by atoms with Crippen LogP contribution in [0.4, 0.5) is 13.2 Å². The van der Waals surface area contributed by atoms with Gasteiger partial charge in [0, 0.05) is 0 Å². The van der Waals surface area contributed by atoms with Crippen LogP contribution in [0.5, 0.6) is 11.6 Å². The van der Waals surface area contributed by atoms with Crippen molar-refractivity contribution in [2.24, 2.45) is 0 Å². The highest BCUT2D eigenvalue weighted by molar-refractivity contribution is 7.91. The first-order valence-corrected chi connectivity index (χ1v) is 9.48. The van der Waals surface area contributed by atoms with Crippen LogP contribution in [0.15, 0.2) is 34.1 Å². The van der Waals surface area contributed by atoms with Gasteiger partial charge in [-0.3, -0.25) is 4.79 Å². The van der Waals surface area contributed by atoms with Crippen LogP contribution in [0, 0.1) is 0 Å². The molecule has 0 unspecified atom stereocenters. The average molecular weight is 394 g/mol. The molecule has 0 saturated carbocycles. The minimum atomic E-state index is -4.58. The summed E-state index contributed by atoms with van der Waals surface area (Å²) in [5.41, 5.74) is -2.04. The Morgan fingerprint density at radius 3 is 2.60 bits per heavy atom. The molecule has 1 heterocycles. The fourth-order valence-corrected chi connectivity index (χ4v) is 3.99. The van der Waals surface area contributed by atoms with Crippen LogP contribution in [0.1, 0.15) is 25.3 Å². The van der Waals surface area contributed by atoms with Gasteiger partial charge in [-0.1, -0.05) is 19.4 Å². The highest BCUT2D eigenvalue weighted by Crippen LogP contribution is 2.32. The number of alkyl halides is 3.